The number of hydrogen-bond donors (Lipinski definition) is 3. The Morgan fingerprint density at radius 2 is 0.931 bits per heavy atom. The summed E-state index contributed by atoms with van der Waals surface area (Å²) in [5.74, 6) is 0. The quantitative estimate of drug-likeness (QED) is 0.589. The molecule has 7 nitrogen and oxygen atoms in total. The molecule has 0 aromatic carbocycles. The second kappa shape index (κ2) is 16.4. The molecule has 0 amide bonds. The fourth-order valence-electron chi connectivity index (χ4n) is 3.92. The predicted molar refractivity (Wildman–Crippen MR) is 127 cm³/mol. The van der Waals surface area contributed by atoms with E-state index in [0.717, 1.165) is 18.6 Å². The first-order valence-electron chi connectivity index (χ1n) is 11.8. The van der Waals surface area contributed by atoms with Crippen LogP contribution in [-0.2, 0) is 0 Å². The lowest BCUT2D eigenvalue weighted by atomic mass is 9.91. The van der Waals surface area contributed by atoms with Crippen LogP contribution in [0, 0.1) is 0 Å². The van der Waals surface area contributed by atoms with Gasteiger partial charge in [0, 0.05) is 77.5 Å². The lowest BCUT2D eigenvalue weighted by Gasteiger charge is -2.32. The van der Waals surface area contributed by atoms with Crippen molar-refractivity contribution in [3.8, 4) is 0 Å². The summed E-state index contributed by atoms with van der Waals surface area (Å²) < 4.78 is 0. The number of rotatable bonds is 5. The summed E-state index contributed by atoms with van der Waals surface area (Å²) in [4.78, 5) is 9.62. The van der Waals surface area contributed by atoms with E-state index < -0.39 is 0 Å². The molecule has 1 saturated carbocycles. The van der Waals surface area contributed by atoms with Crippen molar-refractivity contribution in [1.29, 1.82) is 0 Å². The van der Waals surface area contributed by atoms with Gasteiger partial charge in [0.1, 0.15) is 0 Å². The molecule has 0 spiro atoms. The maximum atomic E-state index is 3.32. The van der Waals surface area contributed by atoms with E-state index >= 15 is 0 Å². The van der Waals surface area contributed by atoms with E-state index in [1.54, 1.807) is 0 Å². The van der Waals surface area contributed by atoms with Crippen LogP contribution in [0.25, 0.3) is 0 Å². The van der Waals surface area contributed by atoms with Gasteiger partial charge in [-0.2, -0.15) is 0 Å². The normalized spacial score (nSPS) is 27.5. The van der Waals surface area contributed by atoms with Crippen LogP contribution in [0.15, 0.2) is 0 Å². The van der Waals surface area contributed by atoms with Crippen LogP contribution in [0.5, 0.6) is 0 Å². The molecule has 29 heavy (non-hydrogen) atoms. The second-order valence-electron chi connectivity index (χ2n) is 8.98. The molecule has 3 rings (SSSR count). The Kier molecular flexibility index (Phi) is 15.1. The molecule has 3 aliphatic rings. The van der Waals surface area contributed by atoms with Gasteiger partial charge < -0.3 is 30.7 Å². The van der Waals surface area contributed by atoms with Crippen molar-refractivity contribution in [3.05, 3.63) is 0 Å². The zero-order valence-electron chi connectivity index (χ0n) is 20.3. The molecule has 0 atom stereocenters. The van der Waals surface area contributed by atoms with E-state index in [9.17, 15) is 0 Å². The number of hydrogen-bond acceptors (Lipinski definition) is 7. The van der Waals surface area contributed by atoms with Crippen LogP contribution in [0.1, 0.15) is 25.7 Å². The smallest absolute Gasteiger partial charge is 0.0110 e. The summed E-state index contributed by atoms with van der Waals surface area (Å²) in [6.45, 7) is 12.2. The van der Waals surface area contributed by atoms with E-state index in [-0.39, 0.29) is 0 Å². The summed E-state index contributed by atoms with van der Waals surface area (Å²) in [7, 11) is 12.7. The van der Waals surface area contributed by atoms with Crippen LogP contribution < -0.4 is 16.0 Å². The van der Waals surface area contributed by atoms with E-state index in [4.69, 9.17) is 0 Å². The van der Waals surface area contributed by atoms with Gasteiger partial charge in [-0.1, -0.05) is 0 Å². The topological polar surface area (TPSA) is 49.1 Å². The van der Waals surface area contributed by atoms with Crippen LogP contribution >= 0.6 is 0 Å². The largest absolute Gasteiger partial charge is 0.318 e. The van der Waals surface area contributed by atoms with Gasteiger partial charge in [0.2, 0.25) is 0 Å². The molecule has 0 aromatic rings. The fourth-order valence-corrected chi connectivity index (χ4v) is 3.92. The molecule has 0 bridgehead atoms. The predicted octanol–water partition coefficient (Wildman–Crippen LogP) is 0.0532. The minimum atomic E-state index is 0.782. The minimum Gasteiger partial charge on any atom is -0.318 e. The molecule has 2 heterocycles. The van der Waals surface area contributed by atoms with Gasteiger partial charge in [-0.3, -0.25) is 4.90 Å². The minimum absolute atomic E-state index is 0.782. The Hall–Kier alpha value is -0.280. The Balaban J connectivity index is 0.000000220. The van der Waals surface area contributed by atoms with Crippen molar-refractivity contribution in [3.63, 3.8) is 0 Å². The third kappa shape index (κ3) is 12.9. The first-order chi connectivity index (χ1) is 14.0. The van der Waals surface area contributed by atoms with Crippen LogP contribution in [-0.4, -0.2) is 139 Å². The highest BCUT2D eigenvalue weighted by Crippen LogP contribution is 2.17. The molecule has 0 unspecified atom stereocenters. The molecule has 3 fully saturated rings. The van der Waals surface area contributed by atoms with Gasteiger partial charge in [-0.05, 0) is 68.0 Å². The highest BCUT2D eigenvalue weighted by molar-refractivity contribution is 4.78. The van der Waals surface area contributed by atoms with E-state index in [0.29, 0.717) is 0 Å². The van der Waals surface area contributed by atoms with Gasteiger partial charge in [0.25, 0.3) is 0 Å². The van der Waals surface area contributed by atoms with Crippen LogP contribution in [0.3, 0.4) is 0 Å². The number of nitrogens with zero attached hydrogens (tertiary/aromatic N) is 4. The molecule has 3 N–H and O–H groups in total. The van der Waals surface area contributed by atoms with Crippen molar-refractivity contribution in [1.82, 2.24) is 35.6 Å². The average molecular weight is 414 g/mol. The Labute approximate surface area is 181 Å². The van der Waals surface area contributed by atoms with Crippen molar-refractivity contribution in [2.75, 3.05) is 108 Å². The first kappa shape index (κ1) is 26.8. The summed E-state index contributed by atoms with van der Waals surface area (Å²) in [6, 6.07) is 1.56. The summed E-state index contributed by atoms with van der Waals surface area (Å²) in [5, 5.41) is 9.81. The molecule has 0 aromatic heterocycles. The summed E-state index contributed by atoms with van der Waals surface area (Å²) >= 11 is 0. The van der Waals surface area contributed by atoms with E-state index in [1.807, 2.05) is 7.05 Å². The summed E-state index contributed by atoms with van der Waals surface area (Å²) in [6.07, 6.45) is 5.34. The molecule has 2 saturated heterocycles. The summed E-state index contributed by atoms with van der Waals surface area (Å²) in [5.41, 5.74) is 0. The maximum absolute atomic E-state index is 3.32. The van der Waals surface area contributed by atoms with Crippen LogP contribution in [0.4, 0.5) is 0 Å². The van der Waals surface area contributed by atoms with E-state index in [2.05, 4.69) is 70.8 Å². The molecule has 1 aliphatic carbocycles. The highest BCUT2D eigenvalue weighted by Gasteiger charge is 2.17. The number of likely N-dealkylation sites (N-methyl/N-ethyl adjacent to an activating group) is 4. The maximum Gasteiger partial charge on any atom is 0.0110 e. The third-order valence-corrected chi connectivity index (χ3v) is 6.54. The molecule has 0 radical (unpaired) electrons. The lowest BCUT2D eigenvalue weighted by Crippen LogP contribution is -2.46. The molecular weight excluding hydrogens is 362 g/mol. The van der Waals surface area contributed by atoms with E-state index in [1.165, 1.54) is 84.6 Å². The lowest BCUT2D eigenvalue weighted by molar-refractivity contribution is 0.155. The standard InChI is InChI=1S/C8H19N3.C8H18N2.C6H14N2/c1-9-3-4-11-7-5-10(2)6-8-11;1-9-7-3-5-8(10-2)6-4-7;1-7-3-5-8(2)6-4-7/h9H,3-8H2,1-2H3;7-10H,3-6H2,1-2H3;3-6H2,1-2H3. The first-order valence-corrected chi connectivity index (χ1v) is 11.8. The molecular formula is C22H51N7. The third-order valence-electron chi connectivity index (χ3n) is 6.54. The van der Waals surface area contributed by atoms with Crippen molar-refractivity contribution < 1.29 is 0 Å². The Bertz CT molecular complexity index is 333. The van der Waals surface area contributed by atoms with Gasteiger partial charge in [0.15, 0.2) is 0 Å². The molecule has 2 aliphatic heterocycles. The zero-order valence-corrected chi connectivity index (χ0v) is 20.3. The number of piperazine rings is 2. The van der Waals surface area contributed by atoms with Gasteiger partial charge in [0.05, 0.1) is 0 Å². The van der Waals surface area contributed by atoms with Crippen molar-refractivity contribution in [2.45, 2.75) is 37.8 Å². The fraction of sp³-hybridized carbons (Fsp3) is 1.00. The van der Waals surface area contributed by atoms with Crippen molar-refractivity contribution in [2.24, 2.45) is 0 Å². The average Bonchev–Trinajstić information content (AvgIpc) is 2.76. The Morgan fingerprint density at radius 3 is 1.24 bits per heavy atom. The van der Waals surface area contributed by atoms with Crippen molar-refractivity contribution >= 4 is 0 Å². The molecule has 174 valence electrons. The molecule has 7 heteroatoms. The number of nitrogens with one attached hydrogen (secondary N) is 3. The van der Waals surface area contributed by atoms with Crippen LogP contribution in [0.2, 0.25) is 0 Å². The second-order valence-corrected chi connectivity index (χ2v) is 8.98. The zero-order chi connectivity index (χ0) is 21.5. The Morgan fingerprint density at radius 1 is 0.586 bits per heavy atom. The highest BCUT2D eigenvalue weighted by atomic mass is 15.2. The van der Waals surface area contributed by atoms with Gasteiger partial charge in [-0.15, -0.1) is 0 Å². The van der Waals surface area contributed by atoms with Gasteiger partial charge >= 0.3 is 0 Å². The SMILES string of the molecule is CN1CCN(C)CC1.CNC1CCC(NC)CC1.CNCCN1CCN(C)CC1. The van der Waals surface area contributed by atoms with Gasteiger partial charge in [-0.25, -0.2) is 0 Å². The monoisotopic (exact) mass is 413 g/mol.